The molecule has 3 rings (SSSR count). The number of anilines is 1. The van der Waals surface area contributed by atoms with Crippen LogP contribution in [0.4, 0.5) is 10.1 Å². The summed E-state index contributed by atoms with van der Waals surface area (Å²) in [5.74, 6) is -0.939. The molecule has 0 aliphatic carbocycles. The lowest BCUT2D eigenvalue weighted by Gasteiger charge is -2.11. The summed E-state index contributed by atoms with van der Waals surface area (Å²) in [6.07, 6.45) is 0. The predicted octanol–water partition coefficient (Wildman–Crippen LogP) is 4.98. The number of carbonyl (C=O) groups excluding carboxylic acids is 1. The molecule has 1 heterocycles. The van der Waals surface area contributed by atoms with Crippen molar-refractivity contribution in [1.82, 2.24) is 10.9 Å². The molecule has 0 atom stereocenters. The Bertz CT molecular complexity index is 977. The van der Waals surface area contributed by atoms with E-state index in [1.807, 2.05) is 24.3 Å². The van der Waals surface area contributed by atoms with E-state index in [-0.39, 0.29) is 10.1 Å². The van der Waals surface area contributed by atoms with E-state index in [0.29, 0.717) is 15.6 Å². The van der Waals surface area contributed by atoms with Crippen molar-refractivity contribution in [3.05, 3.63) is 63.2 Å². The van der Waals surface area contributed by atoms with Crippen LogP contribution in [0.25, 0.3) is 10.1 Å². The quantitative estimate of drug-likeness (QED) is 0.409. The standard InChI is InChI=1S/C16H10Cl2FN3OS2/c17-10-7-8(5-6-11(10)19)20-16(24)22-21-15(23)14-13(18)9-3-1-2-4-12(9)25-14/h1-7H,(H,21,23)(H2,20,22,24). The Morgan fingerprint density at radius 1 is 1.12 bits per heavy atom. The summed E-state index contributed by atoms with van der Waals surface area (Å²) in [7, 11) is 0. The van der Waals surface area contributed by atoms with Crippen molar-refractivity contribution in [2.75, 3.05) is 5.32 Å². The maximum absolute atomic E-state index is 13.1. The van der Waals surface area contributed by atoms with Crippen LogP contribution in [0.1, 0.15) is 9.67 Å². The molecule has 0 bridgehead atoms. The number of benzene rings is 2. The SMILES string of the molecule is O=C(NNC(=S)Nc1ccc(F)c(Cl)c1)c1sc2ccccc2c1Cl. The Hall–Kier alpha value is -1.93. The Morgan fingerprint density at radius 3 is 2.60 bits per heavy atom. The van der Waals surface area contributed by atoms with Gasteiger partial charge in [0.2, 0.25) is 0 Å². The van der Waals surface area contributed by atoms with E-state index >= 15 is 0 Å². The molecule has 2 aromatic carbocycles. The van der Waals surface area contributed by atoms with Crippen molar-refractivity contribution in [3.8, 4) is 0 Å². The van der Waals surface area contributed by atoms with Gasteiger partial charge in [-0.2, -0.15) is 0 Å². The third kappa shape index (κ3) is 4.01. The highest BCUT2D eigenvalue weighted by Gasteiger charge is 2.16. The van der Waals surface area contributed by atoms with Gasteiger partial charge in [0.25, 0.3) is 5.91 Å². The van der Waals surface area contributed by atoms with Crippen LogP contribution < -0.4 is 16.2 Å². The van der Waals surface area contributed by atoms with Gasteiger partial charge in [-0.25, -0.2) is 4.39 Å². The van der Waals surface area contributed by atoms with Crippen LogP contribution in [-0.4, -0.2) is 11.0 Å². The van der Waals surface area contributed by atoms with Crippen LogP contribution >= 0.6 is 46.8 Å². The van der Waals surface area contributed by atoms with Gasteiger partial charge in [-0.3, -0.25) is 15.6 Å². The first-order valence-electron chi connectivity index (χ1n) is 6.95. The summed E-state index contributed by atoms with van der Waals surface area (Å²) in [4.78, 5) is 12.7. The van der Waals surface area contributed by atoms with Crippen LogP contribution in [0.3, 0.4) is 0 Å². The average molecular weight is 414 g/mol. The second-order valence-electron chi connectivity index (χ2n) is 4.90. The number of carbonyl (C=O) groups is 1. The van der Waals surface area contributed by atoms with Gasteiger partial charge in [-0.05, 0) is 36.5 Å². The third-order valence-electron chi connectivity index (χ3n) is 3.21. The van der Waals surface area contributed by atoms with Gasteiger partial charge in [0.1, 0.15) is 10.7 Å². The molecular weight excluding hydrogens is 404 g/mol. The highest BCUT2D eigenvalue weighted by molar-refractivity contribution is 7.80. The number of hydrogen-bond acceptors (Lipinski definition) is 3. The molecule has 0 spiro atoms. The number of halogens is 3. The molecule has 1 aromatic heterocycles. The van der Waals surface area contributed by atoms with Crippen molar-refractivity contribution >= 4 is 73.5 Å². The molecule has 9 heteroatoms. The van der Waals surface area contributed by atoms with E-state index in [2.05, 4.69) is 16.2 Å². The minimum Gasteiger partial charge on any atom is -0.331 e. The first kappa shape index (κ1) is 17.9. The van der Waals surface area contributed by atoms with Crippen LogP contribution in [-0.2, 0) is 0 Å². The lowest BCUT2D eigenvalue weighted by Crippen LogP contribution is -2.43. The third-order valence-corrected chi connectivity index (χ3v) is 5.38. The van der Waals surface area contributed by atoms with Crippen molar-refractivity contribution in [2.45, 2.75) is 0 Å². The molecule has 0 saturated heterocycles. The molecule has 0 saturated carbocycles. The topological polar surface area (TPSA) is 53.2 Å². The van der Waals surface area contributed by atoms with Gasteiger partial charge in [0.15, 0.2) is 5.11 Å². The molecule has 0 fully saturated rings. The van der Waals surface area contributed by atoms with Crippen molar-refractivity contribution in [3.63, 3.8) is 0 Å². The number of fused-ring (bicyclic) bond motifs is 1. The number of amides is 1. The molecule has 0 aliphatic heterocycles. The van der Waals surface area contributed by atoms with Crippen molar-refractivity contribution < 1.29 is 9.18 Å². The number of hydrazine groups is 1. The lowest BCUT2D eigenvalue weighted by atomic mass is 10.2. The van der Waals surface area contributed by atoms with Gasteiger partial charge in [-0.15, -0.1) is 11.3 Å². The number of hydrogen-bond donors (Lipinski definition) is 3. The number of thiocarbonyl (C=S) groups is 1. The van der Waals surface area contributed by atoms with E-state index < -0.39 is 11.7 Å². The molecule has 3 aromatic rings. The molecule has 1 amide bonds. The molecule has 25 heavy (non-hydrogen) atoms. The fourth-order valence-corrected chi connectivity index (χ4v) is 3.83. The van der Waals surface area contributed by atoms with E-state index in [0.717, 1.165) is 10.1 Å². The van der Waals surface area contributed by atoms with Crippen molar-refractivity contribution in [1.29, 1.82) is 0 Å². The zero-order chi connectivity index (χ0) is 18.0. The smallest absolute Gasteiger partial charge is 0.281 e. The summed E-state index contributed by atoms with van der Waals surface area (Å²) in [5, 5.41) is 4.08. The monoisotopic (exact) mass is 413 g/mol. The van der Waals surface area contributed by atoms with Gasteiger partial charge in [0, 0.05) is 15.8 Å². The number of rotatable bonds is 2. The number of nitrogens with one attached hydrogen (secondary N) is 3. The fourth-order valence-electron chi connectivity index (χ4n) is 2.07. The molecular formula is C16H10Cl2FN3OS2. The molecule has 0 aliphatic rings. The van der Waals surface area contributed by atoms with E-state index in [1.54, 1.807) is 0 Å². The van der Waals surface area contributed by atoms with Gasteiger partial charge in [-0.1, -0.05) is 41.4 Å². The summed E-state index contributed by atoms with van der Waals surface area (Å²) in [6, 6.07) is 11.5. The molecule has 128 valence electrons. The largest absolute Gasteiger partial charge is 0.331 e. The van der Waals surface area contributed by atoms with Crippen molar-refractivity contribution in [2.24, 2.45) is 0 Å². The second-order valence-corrected chi connectivity index (χ2v) is 7.15. The maximum atomic E-state index is 13.1. The Kier molecular flexibility index (Phi) is 5.39. The summed E-state index contributed by atoms with van der Waals surface area (Å²) in [6.45, 7) is 0. The summed E-state index contributed by atoms with van der Waals surface area (Å²) < 4.78 is 14.0. The second kappa shape index (κ2) is 7.53. The summed E-state index contributed by atoms with van der Waals surface area (Å²) in [5.41, 5.74) is 5.52. The van der Waals surface area contributed by atoms with Gasteiger partial charge < -0.3 is 5.32 Å². The van der Waals surface area contributed by atoms with Crippen LogP contribution in [0.15, 0.2) is 42.5 Å². The average Bonchev–Trinajstić information content (AvgIpc) is 2.93. The van der Waals surface area contributed by atoms with Gasteiger partial charge in [0.05, 0.1) is 10.0 Å². The Morgan fingerprint density at radius 2 is 1.88 bits per heavy atom. The lowest BCUT2D eigenvalue weighted by molar-refractivity contribution is 0.0948. The zero-order valence-corrected chi connectivity index (χ0v) is 15.5. The van der Waals surface area contributed by atoms with Gasteiger partial charge >= 0.3 is 0 Å². The van der Waals surface area contributed by atoms with E-state index in [1.165, 1.54) is 29.5 Å². The van der Waals surface area contributed by atoms with E-state index in [4.69, 9.17) is 35.4 Å². The maximum Gasteiger partial charge on any atom is 0.281 e. The van der Waals surface area contributed by atoms with Crippen LogP contribution in [0.2, 0.25) is 10.0 Å². The Labute approximate surface area is 161 Å². The minimum atomic E-state index is -0.529. The molecule has 0 unspecified atom stereocenters. The first-order valence-corrected chi connectivity index (χ1v) is 8.93. The normalized spacial score (nSPS) is 10.5. The number of thiophene rings is 1. The van der Waals surface area contributed by atoms with E-state index in [9.17, 15) is 9.18 Å². The highest BCUT2D eigenvalue weighted by atomic mass is 35.5. The van der Waals surface area contributed by atoms with Crippen LogP contribution in [0, 0.1) is 5.82 Å². The van der Waals surface area contributed by atoms with Crippen LogP contribution in [0.5, 0.6) is 0 Å². The molecule has 3 N–H and O–H groups in total. The Balaban J connectivity index is 1.64. The summed E-state index contributed by atoms with van der Waals surface area (Å²) >= 11 is 18.3. The highest BCUT2D eigenvalue weighted by Crippen LogP contribution is 2.34. The minimum absolute atomic E-state index is 0.0334. The molecule has 4 nitrogen and oxygen atoms in total. The fraction of sp³-hybridized carbons (Fsp3) is 0. The predicted molar refractivity (Wildman–Crippen MR) is 105 cm³/mol. The molecule has 0 radical (unpaired) electrons. The zero-order valence-electron chi connectivity index (χ0n) is 12.4. The first-order chi connectivity index (χ1) is 12.0.